The van der Waals surface area contributed by atoms with Crippen molar-refractivity contribution in [3.05, 3.63) is 0 Å². The van der Waals surface area contributed by atoms with Gasteiger partial charge in [0.05, 0.1) is 12.6 Å². The maximum absolute atomic E-state index is 12.2. The van der Waals surface area contributed by atoms with Crippen molar-refractivity contribution < 1.29 is 9.90 Å². The van der Waals surface area contributed by atoms with Crippen molar-refractivity contribution >= 4 is 5.91 Å². The van der Waals surface area contributed by atoms with Gasteiger partial charge in [-0.3, -0.25) is 9.69 Å². The molecule has 2 N–H and O–H groups in total. The number of hydrogen-bond donors (Lipinski definition) is 2. The minimum absolute atomic E-state index is 0.112. The fourth-order valence-corrected chi connectivity index (χ4v) is 4.17. The lowest BCUT2D eigenvalue weighted by Crippen LogP contribution is -2.42. The van der Waals surface area contributed by atoms with Crippen molar-refractivity contribution in [1.29, 1.82) is 0 Å². The van der Waals surface area contributed by atoms with Gasteiger partial charge < -0.3 is 10.4 Å². The first kappa shape index (κ1) is 14.3. The van der Waals surface area contributed by atoms with Gasteiger partial charge in [0.1, 0.15) is 0 Å². The predicted octanol–water partition coefficient (Wildman–Crippen LogP) is 1.53. The lowest BCUT2D eigenvalue weighted by atomic mass is 9.74. The summed E-state index contributed by atoms with van der Waals surface area (Å²) < 4.78 is 0. The maximum Gasteiger partial charge on any atom is 0.234 e. The molecule has 0 aromatic carbocycles. The maximum atomic E-state index is 12.2. The van der Waals surface area contributed by atoms with Crippen molar-refractivity contribution in [2.45, 2.75) is 63.5 Å². The van der Waals surface area contributed by atoms with Crippen LogP contribution in [0.2, 0.25) is 0 Å². The number of aliphatic hydroxyl groups is 1. The average molecular weight is 280 g/mol. The summed E-state index contributed by atoms with van der Waals surface area (Å²) in [4.78, 5) is 14.4. The van der Waals surface area contributed by atoms with Crippen molar-refractivity contribution in [2.24, 2.45) is 11.8 Å². The Bertz CT molecular complexity index is 333. The van der Waals surface area contributed by atoms with E-state index in [0.29, 0.717) is 24.4 Å². The number of nitrogens with one attached hydrogen (secondary N) is 1. The van der Waals surface area contributed by atoms with Crippen LogP contribution in [-0.4, -0.2) is 47.7 Å². The van der Waals surface area contributed by atoms with Crippen LogP contribution in [0.1, 0.15) is 51.4 Å². The van der Waals surface area contributed by atoms with Gasteiger partial charge in [0, 0.05) is 25.0 Å². The highest BCUT2D eigenvalue weighted by atomic mass is 16.3. The van der Waals surface area contributed by atoms with Gasteiger partial charge in [-0.05, 0) is 25.2 Å². The van der Waals surface area contributed by atoms with Gasteiger partial charge in [0.25, 0.3) is 0 Å². The normalized spacial score (nSPS) is 35.8. The minimum Gasteiger partial charge on any atom is -0.393 e. The van der Waals surface area contributed by atoms with Crippen LogP contribution in [0.4, 0.5) is 0 Å². The molecule has 3 atom stereocenters. The summed E-state index contributed by atoms with van der Waals surface area (Å²) in [5.41, 5.74) is 0. The summed E-state index contributed by atoms with van der Waals surface area (Å²) in [6.07, 6.45) is 9.63. The highest BCUT2D eigenvalue weighted by Gasteiger charge is 2.46. The summed E-state index contributed by atoms with van der Waals surface area (Å²) in [5.74, 6) is 1.26. The Hall–Kier alpha value is -0.610. The van der Waals surface area contributed by atoms with Crippen molar-refractivity contribution in [3.63, 3.8) is 0 Å². The molecule has 3 aliphatic rings. The van der Waals surface area contributed by atoms with Crippen LogP contribution < -0.4 is 5.32 Å². The predicted molar refractivity (Wildman–Crippen MR) is 78.3 cm³/mol. The average Bonchev–Trinajstić information content (AvgIpc) is 2.69. The summed E-state index contributed by atoms with van der Waals surface area (Å²) in [6, 6.07) is 0.396. The molecule has 3 rings (SSSR count). The third-order valence-corrected chi connectivity index (χ3v) is 5.44. The van der Waals surface area contributed by atoms with Crippen molar-refractivity contribution in [3.8, 4) is 0 Å². The highest BCUT2D eigenvalue weighted by Crippen LogP contribution is 2.40. The van der Waals surface area contributed by atoms with Gasteiger partial charge >= 0.3 is 0 Å². The van der Waals surface area contributed by atoms with Crippen molar-refractivity contribution in [2.75, 3.05) is 19.6 Å². The lowest BCUT2D eigenvalue weighted by Gasteiger charge is -2.35. The van der Waals surface area contributed by atoms with Crippen LogP contribution in [0, 0.1) is 11.8 Å². The molecule has 114 valence electrons. The van der Waals surface area contributed by atoms with Gasteiger partial charge in [-0.2, -0.15) is 0 Å². The third-order valence-electron chi connectivity index (χ3n) is 5.44. The van der Waals surface area contributed by atoms with Crippen LogP contribution in [0.15, 0.2) is 0 Å². The van der Waals surface area contributed by atoms with Crippen LogP contribution >= 0.6 is 0 Å². The van der Waals surface area contributed by atoms with Gasteiger partial charge in [-0.25, -0.2) is 0 Å². The monoisotopic (exact) mass is 280 g/mol. The van der Waals surface area contributed by atoms with Gasteiger partial charge in [-0.1, -0.05) is 32.1 Å². The number of carbonyl (C=O) groups excluding carboxylic acids is 1. The number of fused-ring (bicyclic) bond motifs is 1. The highest BCUT2D eigenvalue weighted by molar-refractivity contribution is 5.78. The fraction of sp³-hybridized carbons (Fsp3) is 0.938. The molecule has 2 aliphatic carbocycles. The Balaban J connectivity index is 1.40. The van der Waals surface area contributed by atoms with E-state index in [1.165, 1.54) is 32.1 Å². The number of hydrogen-bond acceptors (Lipinski definition) is 3. The molecule has 1 heterocycles. The topological polar surface area (TPSA) is 52.6 Å². The molecule has 1 saturated heterocycles. The molecule has 4 nitrogen and oxygen atoms in total. The molecule has 1 aliphatic heterocycles. The SMILES string of the molecule is O=C(CN1C[C@H]2C[C@@H](O)[C@H]2C1)NC1CCCCCCC1. The molecule has 0 unspecified atom stereocenters. The summed E-state index contributed by atoms with van der Waals surface area (Å²) >= 11 is 0. The second-order valence-electron chi connectivity index (χ2n) is 7.03. The Morgan fingerprint density at radius 2 is 1.80 bits per heavy atom. The van der Waals surface area contributed by atoms with Gasteiger partial charge in [0.15, 0.2) is 0 Å². The Morgan fingerprint density at radius 1 is 1.10 bits per heavy atom. The smallest absolute Gasteiger partial charge is 0.234 e. The van der Waals surface area contributed by atoms with E-state index in [0.717, 1.165) is 32.4 Å². The van der Waals surface area contributed by atoms with E-state index in [1.54, 1.807) is 0 Å². The van der Waals surface area contributed by atoms with E-state index in [4.69, 9.17) is 0 Å². The largest absolute Gasteiger partial charge is 0.393 e. The molecule has 0 bridgehead atoms. The molecule has 2 saturated carbocycles. The quantitative estimate of drug-likeness (QED) is 0.824. The number of rotatable bonds is 3. The van der Waals surface area contributed by atoms with Crippen LogP contribution in [0.5, 0.6) is 0 Å². The fourth-order valence-electron chi connectivity index (χ4n) is 4.17. The zero-order chi connectivity index (χ0) is 13.9. The standard InChI is InChI=1S/C16H28N2O2/c19-15-8-12-9-18(10-14(12)15)11-16(20)17-13-6-4-2-1-3-5-7-13/h12-15,19H,1-11H2,(H,17,20)/t12-,14+,15-/m1/s1. The molecular weight excluding hydrogens is 252 g/mol. The lowest BCUT2D eigenvalue weighted by molar-refractivity contribution is -0.122. The van der Waals surface area contributed by atoms with Crippen LogP contribution in [-0.2, 0) is 4.79 Å². The van der Waals surface area contributed by atoms with Gasteiger partial charge in [0.2, 0.25) is 5.91 Å². The summed E-state index contributed by atoms with van der Waals surface area (Å²) in [7, 11) is 0. The Morgan fingerprint density at radius 3 is 2.45 bits per heavy atom. The van der Waals surface area contributed by atoms with Crippen LogP contribution in [0.25, 0.3) is 0 Å². The molecule has 0 spiro atoms. The molecule has 0 radical (unpaired) electrons. The molecule has 0 aromatic rings. The van der Waals surface area contributed by atoms with E-state index in [9.17, 15) is 9.90 Å². The molecule has 4 heteroatoms. The van der Waals surface area contributed by atoms with Crippen LogP contribution in [0.3, 0.4) is 0 Å². The third kappa shape index (κ3) is 3.34. The first-order valence-corrected chi connectivity index (χ1v) is 8.42. The van der Waals surface area contributed by atoms with E-state index >= 15 is 0 Å². The molecule has 0 aromatic heterocycles. The van der Waals surface area contributed by atoms with E-state index in [-0.39, 0.29) is 12.0 Å². The number of nitrogens with zero attached hydrogens (tertiary/aromatic N) is 1. The number of aliphatic hydroxyl groups excluding tert-OH is 1. The Labute approximate surface area is 121 Å². The summed E-state index contributed by atoms with van der Waals surface area (Å²) in [5, 5.41) is 12.9. The molecule has 20 heavy (non-hydrogen) atoms. The molecule has 3 fully saturated rings. The first-order valence-electron chi connectivity index (χ1n) is 8.42. The van der Waals surface area contributed by atoms with E-state index in [2.05, 4.69) is 10.2 Å². The Kier molecular flexibility index (Phi) is 4.61. The van der Waals surface area contributed by atoms with Crippen molar-refractivity contribution in [1.82, 2.24) is 10.2 Å². The van der Waals surface area contributed by atoms with E-state index < -0.39 is 0 Å². The van der Waals surface area contributed by atoms with Gasteiger partial charge in [-0.15, -0.1) is 0 Å². The second-order valence-corrected chi connectivity index (χ2v) is 7.03. The number of likely N-dealkylation sites (tertiary alicyclic amines) is 1. The second kappa shape index (κ2) is 6.44. The molecular formula is C16H28N2O2. The number of amides is 1. The minimum atomic E-state index is -0.112. The van der Waals surface area contributed by atoms with E-state index in [1.807, 2.05) is 0 Å². The molecule has 1 amide bonds. The zero-order valence-corrected chi connectivity index (χ0v) is 12.4. The summed E-state index contributed by atoms with van der Waals surface area (Å²) in [6.45, 7) is 2.43. The first-order chi connectivity index (χ1) is 9.72. The number of carbonyl (C=O) groups is 1. The zero-order valence-electron chi connectivity index (χ0n) is 12.4.